The lowest BCUT2D eigenvalue weighted by Gasteiger charge is -2.35. The highest BCUT2D eigenvalue weighted by molar-refractivity contribution is 5.90. The average Bonchev–Trinajstić information content (AvgIpc) is 2.78. The third-order valence-corrected chi connectivity index (χ3v) is 5.73. The Morgan fingerprint density at radius 2 is 1.74 bits per heavy atom. The van der Waals surface area contributed by atoms with Crippen LogP contribution in [0.2, 0.25) is 0 Å². The summed E-state index contributed by atoms with van der Waals surface area (Å²) >= 11 is 0. The Labute approximate surface area is 180 Å². The zero-order valence-corrected chi connectivity index (χ0v) is 17.6. The minimum atomic E-state index is -0.189. The van der Waals surface area contributed by atoms with E-state index in [1.165, 1.54) is 0 Å². The number of hydrogen-bond acceptors (Lipinski definition) is 7. The smallest absolute Gasteiger partial charge is 0.228 e. The van der Waals surface area contributed by atoms with Crippen LogP contribution in [0.3, 0.4) is 0 Å². The number of hydrogen-bond donors (Lipinski definition) is 3. The summed E-state index contributed by atoms with van der Waals surface area (Å²) in [5, 5.41) is 19.7. The van der Waals surface area contributed by atoms with Crippen LogP contribution in [-0.4, -0.2) is 57.2 Å². The van der Waals surface area contributed by atoms with Crippen molar-refractivity contribution in [2.45, 2.75) is 26.6 Å². The summed E-state index contributed by atoms with van der Waals surface area (Å²) < 4.78 is 0. The van der Waals surface area contributed by atoms with Gasteiger partial charge in [0.05, 0.1) is 25.2 Å². The van der Waals surface area contributed by atoms with Gasteiger partial charge in [0.2, 0.25) is 11.9 Å². The molecule has 1 aliphatic heterocycles. The van der Waals surface area contributed by atoms with Crippen LogP contribution >= 0.6 is 0 Å². The lowest BCUT2D eigenvalue weighted by atomic mass is 10.1. The highest BCUT2D eigenvalue weighted by Crippen LogP contribution is 2.26. The Kier molecular flexibility index (Phi) is 6.01. The largest absolute Gasteiger partial charge is 0.392 e. The number of carbonyl (C=O) groups is 1. The number of nitrogens with two attached hydrogens (primary N) is 1. The summed E-state index contributed by atoms with van der Waals surface area (Å²) in [4.78, 5) is 25.7. The molecule has 162 valence electrons. The molecule has 0 bridgehead atoms. The van der Waals surface area contributed by atoms with E-state index in [0.29, 0.717) is 66.4 Å². The van der Waals surface area contributed by atoms with E-state index in [4.69, 9.17) is 5.73 Å². The Hall–Kier alpha value is -3.23. The molecule has 1 amide bonds. The highest BCUT2D eigenvalue weighted by Gasteiger charge is 2.23. The maximum absolute atomic E-state index is 12.7. The fraction of sp³-hybridized carbons (Fsp3) is 0.348. The van der Waals surface area contributed by atoms with E-state index in [1.54, 1.807) is 12.1 Å². The summed E-state index contributed by atoms with van der Waals surface area (Å²) in [5.41, 5.74) is 10.2. The molecule has 0 saturated carbocycles. The SMILES string of the molecule is Cc1cccc(CC(=O)N2CCN(c3nc(N)c4cc(CO)c(CO)cc4n3)CC2)c1. The molecule has 2 heterocycles. The lowest BCUT2D eigenvalue weighted by molar-refractivity contribution is -0.130. The summed E-state index contributed by atoms with van der Waals surface area (Å²) in [5.74, 6) is 0.960. The van der Waals surface area contributed by atoms with Gasteiger partial charge in [0.1, 0.15) is 5.82 Å². The number of piperazine rings is 1. The molecular formula is C23H27N5O3. The minimum Gasteiger partial charge on any atom is -0.392 e. The van der Waals surface area contributed by atoms with Gasteiger partial charge >= 0.3 is 0 Å². The molecule has 0 atom stereocenters. The van der Waals surface area contributed by atoms with Crippen LogP contribution in [0.5, 0.6) is 0 Å². The Morgan fingerprint density at radius 3 is 2.42 bits per heavy atom. The monoisotopic (exact) mass is 421 g/mol. The molecule has 8 heteroatoms. The first-order valence-electron chi connectivity index (χ1n) is 10.4. The normalized spacial score (nSPS) is 14.3. The molecule has 0 spiro atoms. The molecule has 3 aromatic rings. The number of nitrogens with zero attached hydrogens (tertiary/aromatic N) is 4. The summed E-state index contributed by atoms with van der Waals surface area (Å²) in [7, 11) is 0. The van der Waals surface area contributed by atoms with Crippen molar-refractivity contribution in [2.24, 2.45) is 0 Å². The van der Waals surface area contributed by atoms with Crippen molar-refractivity contribution in [1.82, 2.24) is 14.9 Å². The number of amides is 1. The molecule has 1 saturated heterocycles. The van der Waals surface area contributed by atoms with Gasteiger partial charge in [-0.1, -0.05) is 29.8 Å². The first kappa shape index (κ1) is 21.0. The van der Waals surface area contributed by atoms with E-state index < -0.39 is 0 Å². The van der Waals surface area contributed by atoms with Crippen LogP contribution in [0, 0.1) is 6.92 Å². The summed E-state index contributed by atoms with van der Waals surface area (Å²) in [6, 6.07) is 11.5. The Morgan fingerprint density at radius 1 is 1.03 bits per heavy atom. The molecular weight excluding hydrogens is 394 g/mol. The molecule has 1 aliphatic rings. The van der Waals surface area contributed by atoms with Crippen molar-refractivity contribution in [3.8, 4) is 0 Å². The van der Waals surface area contributed by atoms with Gasteiger partial charge in [0, 0.05) is 31.6 Å². The van der Waals surface area contributed by atoms with Crippen LogP contribution in [-0.2, 0) is 24.4 Å². The number of rotatable bonds is 5. The quantitative estimate of drug-likeness (QED) is 0.570. The second kappa shape index (κ2) is 8.87. The van der Waals surface area contributed by atoms with Gasteiger partial charge in [-0.2, -0.15) is 4.98 Å². The fourth-order valence-electron chi connectivity index (χ4n) is 3.97. The van der Waals surface area contributed by atoms with Gasteiger partial charge in [-0.3, -0.25) is 4.79 Å². The number of nitrogen functional groups attached to an aromatic ring is 1. The Bertz CT molecular complexity index is 1110. The van der Waals surface area contributed by atoms with Crippen molar-refractivity contribution >= 4 is 28.6 Å². The molecule has 1 aromatic heterocycles. The maximum atomic E-state index is 12.7. The van der Waals surface area contributed by atoms with E-state index in [0.717, 1.165) is 11.1 Å². The van der Waals surface area contributed by atoms with Crippen LogP contribution < -0.4 is 10.6 Å². The number of aryl methyl sites for hydroxylation is 1. The maximum Gasteiger partial charge on any atom is 0.228 e. The molecule has 0 unspecified atom stereocenters. The van der Waals surface area contributed by atoms with Gasteiger partial charge in [-0.05, 0) is 35.7 Å². The second-order valence-corrected chi connectivity index (χ2v) is 7.90. The van der Waals surface area contributed by atoms with E-state index in [-0.39, 0.29) is 19.1 Å². The van der Waals surface area contributed by atoms with Gasteiger partial charge in [-0.15, -0.1) is 0 Å². The predicted molar refractivity (Wildman–Crippen MR) is 119 cm³/mol. The van der Waals surface area contributed by atoms with E-state index in [1.807, 2.05) is 41.0 Å². The number of aliphatic hydroxyl groups is 2. The molecule has 1 fully saturated rings. The first-order chi connectivity index (χ1) is 15.0. The van der Waals surface area contributed by atoms with Crippen molar-refractivity contribution < 1.29 is 15.0 Å². The predicted octanol–water partition coefficient (Wildman–Crippen LogP) is 1.40. The Balaban J connectivity index is 1.47. The number of benzene rings is 2. The van der Waals surface area contributed by atoms with E-state index in [2.05, 4.69) is 9.97 Å². The van der Waals surface area contributed by atoms with Crippen LogP contribution in [0.1, 0.15) is 22.3 Å². The fourth-order valence-corrected chi connectivity index (χ4v) is 3.97. The number of aliphatic hydroxyl groups excluding tert-OH is 2. The summed E-state index contributed by atoms with van der Waals surface area (Å²) in [6.07, 6.45) is 0.401. The molecule has 8 nitrogen and oxygen atoms in total. The molecule has 2 aromatic carbocycles. The molecule has 4 N–H and O–H groups in total. The standard InChI is InChI=1S/C23H27N5O3/c1-15-3-2-4-16(9-15)10-21(31)27-5-7-28(8-6-27)23-25-20-12-18(14-30)17(13-29)11-19(20)22(24)26-23/h2-4,9,11-12,29-30H,5-8,10,13-14H2,1H3,(H2,24,25,26). The topological polar surface area (TPSA) is 116 Å². The van der Waals surface area contributed by atoms with Gasteiger partial charge in [-0.25, -0.2) is 4.98 Å². The number of fused-ring (bicyclic) bond motifs is 1. The van der Waals surface area contributed by atoms with Gasteiger partial charge < -0.3 is 25.7 Å². The third kappa shape index (κ3) is 4.45. The van der Waals surface area contributed by atoms with Crippen molar-refractivity contribution in [3.63, 3.8) is 0 Å². The molecule has 4 rings (SSSR count). The number of anilines is 2. The zero-order valence-electron chi connectivity index (χ0n) is 17.6. The zero-order chi connectivity index (χ0) is 22.0. The number of carbonyl (C=O) groups excluding carboxylic acids is 1. The van der Waals surface area contributed by atoms with E-state index >= 15 is 0 Å². The van der Waals surface area contributed by atoms with Gasteiger partial charge in [0.15, 0.2) is 0 Å². The third-order valence-electron chi connectivity index (χ3n) is 5.73. The molecule has 31 heavy (non-hydrogen) atoms. The average molecular weight is 422 g/mol. The lowest BCUT2D eigenvalue weighted by Crippen LogP contribution is -2.49. The van der Waals surface area contributed by atoms with Crippen LogP contribution in [0.25, 0.3) is 10.9 Å². The highest BCUT2D eigenvalue weighted by atomic mass is 16.3. The van der Waals surface area contributed by atoms with Crippen molar-refractivity contribution in [2.75, 3.05) is 36.8 Å². The van der Waals surface area contributed by atoms with Crippen LogP contribution in [0.15, 0.2) is 36.4 Å². The molecule has 0 aliphatic carbocycles. The summed E-state index contributed by atoms with van der Waals surface area (Å²) in [6.45, 7) is 4.07. The second-order valence-electron chi connectivity index (χ2n) is 7.90. The van der Waals surface area contributed by atoms with Crippen molar-refractivity contribution in [1.29, 1.82) is 0 Å². The minimum absolute atomic E-state index is 0.119. The van der Waals surface area contributed by atoms with Crippen molar-refractivity contribution in [3.05, 3.63) is 58.7 Å². The van der Waals surface area contributed by atoms with Gasteiger partial charge in [0.25, 0.3) is 0 Å². The van der Waals surface area contributed by atoms with Crippen LogP contribution in [0.4, 0.5) is 11.8 Å². The first-order valence-corrected chi connectivity index (χ1v) is 10.4. The number of aromatic nitrogens is 2. The molecule has 0 radical (unpaired) electrons. The van der Waals surface area contributed by atoms with E-state index in [9.17, 15) is 15.0 Å².